The van der Waals surface area contributed by atoms with Crippen molar-refractivity contribution in [2.24, 2.45) is 0 Å². The highest BCUT2D eigenvalue weighted by atomic mass is 79.9. The lowest BCUT2D eigenvalue weighted by Gasteiger charge is -2.27. The molecule has 1 atom stereocenters. The zero-order valence-corrected chi connectivity index (χ0v) is 18.3. The van der Waals surface area contributed by atoms with Crippen molar-refractivity contribution >= 4 is 31.9 Å². The molecule has 0 radical (unpaired) electrons. The molecular formula is C21H23BrN2O4S. The zero-order valence-electron chi connectivity index (χ0n) is 15.9. The van der Waals surface area contributed by atoms with Gasteiger partial charge in [-0.25, -0.2) is 8.42 Å². The smallest absolute Gasteiger partial charge is 0.251 e. The van der Waals surface area contributed by atoms with Crippen molar-refractivity contribution < 1.29 is 17.9 Å². The predicted molar refractivity (Wildman–Crippen MR) is 114 cm³/mol. The highest BCUT2D eigenvalue weighted by Gasteiger charge is 2.28. The molecule has 2 aromatic carbocycles. The van der Waals surface area contributed by atoms with Gasteiger partial charge >= 0.3 is 0 Å². The number of ether oxygens (including phenoxy) is 1. The Balaban J connectivity index is 1.55. The van der Waals surface area contributed by atoms with Crippen LogP contribution in [-0.2, 0) is 10.0 Å². The maximum absolute atomic E-state index is 12.9. The van der Waals surface area contributed by atoms with Gasteiger partial charge < -0.3 is 10.1 Å². The Hall–Kier alpha value is -1.90. The fourth-order valence-electron chi connectivity index (χ4n) is 3.81. The third kappa shape index (κ3) is 4.34. The van der Waals surface area contributed by atoms with Crippen LogP contribution in [0.1, 0.15) is 47.6 Å². The highest BCUT2D eigenvalue weighted by Crippen LogP contribution is 2.34. The van der Waals surface area contributed by atoms with Gasteiger partial charge in [0.25, 0.3) is 5.91 Å². The number of hydrogen-bond donors (Lipinski definition) is 1. The van der Waals surface area contributed by atoms with Gasteiger partial charge in [-0.3, -0.25) is 4.79 Å². The van der Waals surface area contributed by atoms with Crippen LogP contribution in [0.2, 0.25) is 0 Å². The summed E-state index contributed by atoms with van der Waals surface area (Å²) >= 11 is 3.46. The van der Waals surface area contributed by atoms with Crippen molar-refractivity contribution in [1.29, 1.82) is 0 Å². The Bertz CT molecular complexity index is 1020. The van der Waals surface area contributed by atoms with Crippen molar-refractivity contribution in [3.05, 3.63) is 58.1 Å². The quantitative estimate of drug-likeness (QED) is 0.723. The maximum atomic E-state index is 12.9. The average Bonchev–Trinajstić information content (AvgIpc) is 2.75. The van der Waals surface area contributed by atoms with Crippen LogP contribution in [0.5, 0.6) is 5.75 Å². The van der Waals surface area contributed by atoms with E-state index in [1.807, 2.05) is 18.2 Å². The second-order valence-corrected chi connectivity index (χ2v) is 10.2. The first-order valence-electron chi connectivity index (χ1n) is 9.78. The number of hydrogen-bond acceptors (Lipinski definition) is 4. The standard InChI is InChI=1S/C21H23BrN2O4S/c22-16-7-8-20-18(14-16)19(9-12-28-20)23-21(25)15-5-4-6-17(13-15)29(26,27)24-10-2-1-3-11-24/h4-8,13-14,19H,1-3,9-12H2,(H,23,25). The third-order valence-electron chi connectivity index (χ3n) is 5.37. The molecule has 0 aliphatic carbocycles. The number of piperidine rings is 1. The van der Waals surface area contributed by atoms with Crippen LogP contribution in [-0.4, -0.2) is 38.3 Å². The Kier molecular flexibility index (Phi) is 5.94. The summed E-state index contributed by atoms with van der Waals surface area (Å²) < 4.78 is 33.9. The normalized spacial score (nSPS) is 19.8. The summed E-state index contributed by atoms with van der Waals surface area (Å²) in [6.45, 7) is 1.59. The van der Waals surface area contributed by atoms with Crippen molar-refractivity contribution in [2.75, 3.05) is 19.7 Å². The lowest BCUT2D eigenvalue weighted by Crippen LogP contribution is -2.36. The Morgan fingerprint density at radius 3 is 2.69 bits per heavy atom. The summed E-state index contributed by atoms with van der Waals surface area (Å²) in [5.41, 5.74) is 1.25. The SMILES string of the molecule is O=C(NC1CCOc2ccc(Br)cc21)c1cccc(S(=O)(=O)N2CCCCC2)c1. The van der Waals surface area contributed by atoms with Crippen LogP contribution in [0.3, 0.4) is 0 Å². The van der Waals surface area contributed by atoms with E-state index in [4.69, 9.17) is 4.74 Å². The predicted octanol–water partition coefficient (Wildman–Crippen LogP) is 3.88. The van der Waals surface area contributed by atoms with Gasteiger partial charge in [-0.2, -0.15) is 4.31 Å². The number of fused-ring (bicyclic) bond motifs is 1. The molecule has 0 saturated carbocycles. The summed E-state index contributed by atoms with van der Waals surface area (Å²) in [5.74, 6) is 0.463. The molecule has 8 heteroatoms. The molecule has 0 spiro atoms. The molecule has 154 valence electrons. The zero-order chi connectivity index (χ0) is 20.4. The van der Waals surface area contributed by atoms with Crippen LogP contribution in [0.15, 0.2) is 51.8 Å². The van der Waals surface area contributed by atoms with Crippen LogP contribution in [0, 0.1) is 0 Å². The Morgan fingerprint density at radius 2 is 1.90 bits per heavy atom. The summed E-state index contributed by atoms with van der Waals surface area (Å²) in [5, 5.41) is 3.03. The lowest BCUT2D eigenvalue weighted by atomic mass is 10.00. The molecule has 0 bridgehead atoms. The van der Waals surface area contributed by atoms with Crippen LogP contribution in [0.4, 0.5) is 0 Å². The first-order chi connectivity index (χ1) is 13.9. The summed E-state index contributed by atoms with van der Waals surface area (Å²) in [6.07, 6.45) is 3.45. The highest BCUT2D eigenvalue weighted by molar-refractivity contribution is 9.10. The van der Waals surface area contributed by atoms with Crippen LogP contribution >= 0.6 is 15.9 Å². The topological polar surface area (TPSA) is 75.7 Å². The lowest BCUT2D eigenvalue weighted by molar-refractivity contribution is 0.0924. The number of nitrogens with zero attached hydrogens (tertiary/aromatic N) is 1. The van der Waals surface area contributed by atoms with E-state index < -0.39 is 10.0 Å². The van der Waals surface area contributed by atoms with Gasteiger partial charge in [-0.15, -0.1) is 0 Å². The number of amides is 1. The van der Waals surface area contributed by atoms with Crippen molar-refractivity contribution in [3.8, 4) is 5.75 Å². The van der Waals surface area contributed by atoms with Crippen molar-refractivity contribution in [1.82, 2.24) is 9.62 Å². The number of benzene rings is 2. The number of nitrogens with one attached hydrogen (secondary N) is 1. The molecule has 1 fully saturated rings. The minimum absolute atomic E-state index is 0.169. The van der Waals surface area contributed by atoms with Gasteiger partial charge in [-0.05, 0) is 49.2 Å². The average molecular weight is 479 g/mol. The first kappa shape index (κ1) is 20.4. The second kappa shape index (κ2) is 8.45. The van der Waals surface area contributed by atoms with Crippen molar-refractivity contribution in [3.63, 3.8) is 0 Å². The molecule has 2 aliphatic heterocycles. The molecule has 29 heavy (non-hydrogen) atoms. The van der Waals surface area contributed by atoms with Gasteiger partial charge in [0, 0.05) is 35.1 Å². The number of carbonyl (C=O) groups excluding carboxylic acids is 1. The molecule has 1 saturated heterocycles. The second-order valence-electron chi connectivity index (χ2n) is 7.34. The van der Waals surface area contributed by atoms with Gasteiger partial charge in [0.15, 0.2) is 0 Å². The van der Waals surface area contributed by atoms with E-state index >= 15 is 0 Å². The van der Waals surface area contributed by atoms with E-state index in [0.29, 0.717) is 31.7 Å². The molecule has 1 N–H and O–H groups in total. The summed E-state index contributed by atoms with van der Waals surface area (Å²) in [7, 11) is -3.58. The number of rotatable bonds is 4. The number of sulfonamides is 1. The molecule has 2 heterocycles. The molecule has 0 aromatic heterocycles. The minimum atomic E-state index is -3.58. The van der Waals surface area contributed by atoms with E-state index in [2.05, 4.69) is 21.2 Å². The molecular weight excluding hydrogens is 456 g/mol. The third-order valence-corrected chi connectivity index (χ3v) is 7.75. The molecule has 4 rings (SSSR count). The van der Waals surface area contributed by atoms with Gasteiger partial charge in [-0.1, -0.05) is 28.4 Å². The fourth-order valence-corrected chi connectivity index (χ4v) is 5.75. The van der Waals surface area contributed by atoms with Crippen molar-refractivity contribution in [2.45, 2.75) is 36.6 Å². The Labute approximate surface area is 179 Å². The molecule has 1 amide bonds. The molecule has 1 unspecified atom stereocenters. The summed E-state index contributed by atoms with van der Waals surface area (Å²) in [4.78, 5) is 13.1. The van der Waals surface area contributed by atoms with E-state index in [-0.39, 0.29) is 16.8 Å². The molecule has 2 aliphatic rings. The Morgan fingerprint density at radius 1 is 1.10 bits per heavy atom. The molecule has 6 nitrogen and oxygen atoms in total. The van der Waals surface area contributed by atoms with Gasteiger partial charge in [0.05, 0.1) is 17.5 Å². The van der Waals surface area contributed by atoms with Crippen LogP contribution in [0.25, 0.3) is 0 Å². The number of carbonyl (C=O) groups is 1. The van der Waals surface area contributed by atoms with Gasteiger partial charge in [0.2, 0.25) is 10.0 Å². The fraction of sp³-hybridized carbons (Fsp3) is 0.381. The van der Waals surface area contributed by atoms with Crippen LogP contribution < -0.4 is 10.1 Å². The summed E-state index contributed by atoms with van der Waals surface area (Å²) in [6, 6.07) is 11.8. The van der Waals surface area contributed by atoms with Gasteiger partial charge in [0.1, 0.15) is 5.75 Å². The largest absolute Gasteiger partial charge is 0.493 e. The van der Waals surface area contributed by atoms with E-state index in [1.54, 1.807) is 18.2 Å². The van der Waals surface area contributed by atoms with E-state index in [1.165, 1.54) is 10.4 Å². The van der Waals surface area contributed by atoms with E-state index in [9.17, 15) is 13.2 Å². The minimum Gasteiger partial charge on any atom is -0.493 e. The van der Waals surface area contributed by atoms with E-state index in [0.717, 1.165) is 35.0 Å². The molecule has 2 aromatic rings. The monoisotopic (exact) mass is 478 g/mol. The maximum Gasteiger partial charge on any atom is 0.251 e. The number of halogens is 1. The first-order valence-corrected chi connectivity index (χ1v) is 12.0.